The Hall–Kier alpha value is -2.25. The third-order valence-corrected chi connectivity index (χ3v) is 5.43. The molecule has 0 aromatic heterocycles. The van der Waals surface area contributed by atoms with Gasteiger partial charge in [-0.3, -0.25) is 4.31 Å². The highest BCUT2D eigenvalue weighted by Crippen LogP contribution is 2.35. The van der Waals surface area contributed by atoms with E-state index in [9.17, 15) is 12.8 Å². The van der Waals surface area contributed by atoms with Gasteiger partial charge in [0.15, 0.2) is 11.6 Å². The summed E-state index contributed by atoms with van der Waals surface area (Å²) in [5, 5.41) is 0.334. The molecule has 0 aliphatic heterocycles. The lowest BCUT2D eigenvalue weighted by atomic mass is 10.3. The molecule has 134 valence electrons. The average Bonchev–Trinajstić information content (AvgIpc) is 2.59. The van der Waals surface area contributed by atoms with Crippen LogP contribution in [0, 0.1) is 5.82 Å². The third-order valence-electron chi connectivity index (χ3n) is 3.42. The molecule has 2 aromatic carbocycles. The van der Waals surface area contributed by atoms with Gasteiger partial charge in [-0.25, -0.2) is 12.8 Å². The minimum absolute atomic E-state index is 0.0467. The van der Waals surface area contributed by atoms with Crippen LogP contribution >= 0.6 is 11.6 Å². The van der Waals surface area contributed by atoms with E-state index in [2.05, 4.69) is 6.58 Å². The summed E-state index contributed by atoms with van der Waals surface area (Å²) in [6, 6.07) is 8.02. The van der Waals surface area contributed by atoms with Crippen molar-refractivity contribution in [3.8, 4) is 11.5 Å². The highest BCUT2D eigenvalue weighted by Gasteiger charge is 2.27. The van der Waals surface area contributed by atoms with Gasteiger partial charge < -0.3 is 9.47 Å². The summed E-state index contributed by atoms with van der Waals surface area (Å²) in [6.45, 7) is 3.53. The third kappa shape index (κ3) is 3.88. The topological polar surface area (TPSA) is 55.8 Å². The monoisotopic (exact) mass is 385 g/mol. The Bertz CT molecular complexity index is 886. The van der Waals surface area contributed by atoms with E-state index < -0.39 is 15.8 Å². The van der Waals surface area contributed by atoms with Crippen LogP contribution in [0.3, 0.4) is 0 Å². The summed E-state index contributed by atoms with van der Waals surface area (Å²) < 4.78 is 51.1. The molecule has 0 fully saturated rings. The van der Waals surface area contributed by atoms with E-state index in [0.717, 1.165) is 10.4 Å². The molecule has 0 N–H and O–H groups in total. The van der Waals surface area contributed by atoms with Crippen molar-refractivity contribution in [3.63, 3.8) is 0 Å². The molecule has 2 aromatic rings. The maximum atomic E-state index is 14.0. The van der Waals surface area contributed by atoms with Gasteiger partial charge in [-0.15, -0.1) is 6.58 Å². The Labute approximate surface area is 151 Å². The Morgan fingerprint density at radius 2 is 1.80 bits per heavy atom. The zero-order valence-corrected chi connectivity index (χ0v) is 15.3. The molecule has 0 atom stereocenters. The van der Waals surface area contributed by atoms with Gasteiger partial charge in [0.05, 0.1) is 31.3 Å². The average molecular weight is 386 g/mol. The number of hydrogen-bond acceptors (Lipinski definition) is 4. The maximum absolute atomic E-state index is 14.0. The molecule has 0 spiro atoms. The van der Waals surface area contributed by atoms with Crippen LogP contribution in [-0.2, 0) is 10.0 Å². The molecule has 0 bridgehead atoms. The van der Waals surface area contributed by atoms with Crippen LogP contribution in [0.5, 0.6) is 11.5 Å². The molecule has 8 heteroatoms. The fourth-order valence-electron chi connectivity index (χ4n) is 2.24. The van der Waals surface area contributed by atoms with Gasteiger partial charge >= 0.3 is 0 Å². The van der Waals surface area contributed by atoms with Gasteiger partial charge in [-0.2, -0.15) is 0 Å². The van der Waals surface area contributed by atoms with Crippen molar-refractivity contribution in [1.82, 2.24) is 0 Å². The van der Waals surface area contributed by atoms with Crippen LogP contribution in [0.2, 0.25) is 5.02 Å². The smallest absolute Gasteiger partial charge is 0.264 e. The summed E-state index contributed by atoms with van der Waals surface area (Å²) in [7, 11) is -1.37. The lowest BCUT2D eigenvalue weighted by molar-refractivity contribution is 0.385. The number of anilines is 1. The fraction of sp³-hybridized carbons (Fsp3) is 0.176. The van der Waals surface area contributed by atoms with Gasteiger partial charge in [0.1, 0.15) is 5.75 Å². The fourth-order valence-corrected chi connectivity index (χ4v) is 3.85. The predicted octanol–water partition coefficient (Wildman–Crippen LogP) is 3.88. The first-order valence-electron chi connectivity index (χ1n) is 7.16. The van der Waals surface area contributed by atoms with Crippen molar-refractivity contribution in [2.75, 3.05) is 25.1 Å². The maximum Gasteiger partial charge on any atom is 0.264 e. The first kappa shape index (κ1) is 19.1. The minimum Gasteiger partial charge on any atom is -0.495 e. The Kier molecular flexibility index (Phi) is 5.92. The van der Waals surface area contributed by atoms with Crippen LogP contribution in [0.25, 0.3) is 0 Å². The van der Waals surface area contributed by atoms with E-state index >= 15 is 0 Å². The summed E-state index contributed by atoms with van der Waals surface area (Å²) in [6.07, 6.45) is 1.41. The molecular formula is C17H17ClFNO4S. The summed E-state index contributed by atoms with van der Waals surface area (Å²) >= 11 is 6.00. The molecule has 0 amide bonds. The molecule has 25 heavy (non-hydrogen) atoms. The minimum atomic E-state index is -4.09. The quantitative estimate of drug-likeness (QED) is 0.679. The second-order valence-corrected chi connectivity index (χ2v) is 7.24. The Morgan fingerprint density at radius 1 is 1.16 bits per heavy atom. The van der Waals surface area contributed by atoms with Gasteiger partial charge in [0.2, 0.25) is 0 Å². The van der Waals surface area contributed by atoms with E-state index in [1.807, 2.05) is 0 Å². The Balaban J connectivity index is 2.61. The molecular weight excluding hydrogens is 369 g/mol. The van der Waals surface area contributed by atoms with Crippen LogP contribution in [0.1, 0.15) is 0 Å². The largest absolute Gasteiger partial charge is 0.495 e. The molecule has 0 saturated heterocycles. The van der Waals surface area contributed by atoms with Crippen molar-refractivity contribution in [3.05, 3.63) is 59.9 Å². The molecule has 0 aliphatic rings. The number of benzene rings is 2. The van der Waals surface area contributed by atoms with E-state index in [4.69, 9.17) is 21.1 Å². The SMILES string of the molecule is C=CCN(c1cc(Cl)ccc1OC)S(=O)(=O)c1ccc(OC)c(F)c1. The van der Waals surface area contributed by atoms with Gasteiger partial charge in [-0.05, 0) is 36.4 Å². The number of rotatable bonds is 7. The standard InChI is InChI=1S/C17H17ClFNO4S/c1-4-9-20(15-10-12(18)5-7-17(15)24-3)25(21,22)13-6-8-16(23-2)14(19)11-13/h4-8,10-11H,1,9H2,2-3H3. The highest BCUT2D eigenvalue weighted by molar-refractivity contribution is 7.92. The molecule has 2 rings (SSSR count). The molecule has 0 saturated carbocycles. The molecule has 5 nitrogen and oxygen atoms in total. The lowest BCUT2D eigenvalue weighted by Crippen LogP contribution is -2.31. The van der Waals surface area contributed by atoms with E-state index in [1.54, 1.807) is 12.1 Å². The normalized spacial score (nSPS) is 11.0. The number of methoxy groups -OCH3 is 2. The number of nitrogens with zero attached hydrogens (tertiary/aromatic N) is 1. The van der Waals surface area contributed by atoms with Crippen molar-refractivity contribution in [2.45, 2.75) is 4.90 Å². The number of hydrogen-bond donors (Lipinski definition) is 0. The molecule has 0 unspecified atom stereocenters. The second-order valence-electron chi connectivity index (χ2n) is 4.94. The first-order chi connectivity index (χ1) is 11.8. The number of sulfonamides is 1. The number of ether oxygens (including phenoxy) is 2. The summed E-state index contributed by atoms with van der Waals surface area (Å²) in [5.74, 6) is -0.515. The first-order valence-corrected chi connectivity index (χ1v) is 8.97. The Morgan fingerprint density at radius 3 is 2.36 bits per heavy atom. The van der Waals surface area contributed by atoms with Crippen molar-refractivity contribution >= 4 is 27.3 Å². The highest BCUT2D eigenvalue weighted by atomic mass is 35.5. The molecule has 0 radical (unpaired) electrons. The molecule has 0 heterocycles. The lowest BCUT2D eigenvalue weighted by Gasteiger charge is -2.25. The summed E-state index contributed by atoms with van der Waals surface area (Å²) in [5.41, 5.74) is 0.228. The number of halogens is 2. The van der Waals surface area contributed by atoms with Crippen molar-refractivity contribution < 1.29 is 22.3 Å². The van der Waals surface area contributed by atoms with Crippen LogP contribution in [0.4, 0.5) is 10.1 Å². The van der Waals surface area contributed by atoms with Crippen molar-refractivity contribution in [1.29, 1.82) is 0 Å². The summed E-state index contributed by atoms with van der Waals surface area (Å²) in [4.78, 5) is -0.227. The van der Waals surface area contributed by atoms with Crippen LogP contribution in [0.15, 0.2) is 53.9 Å². The second kappa shape index (κ2) is 7.76. The molecule has 0 aliphatic carbocycles. The van der Waals surface area contributed by atoms with Gasteiger partial charge in [-0.1, -0.05) is 17.7 Å². The zero-order chi connectivity index (χ0) is 18.6. The van der Waals surface area contributed by atoms with Crippen molar-refractivity contribution in [2.24, 2.45) is 0 Å². The van der Waals surface area contributed by atoms with E-state index in [0.29, 0.717) is 10.8 Å². The van der Waals surface area contributed by atoms with Gasteiger partial charge in [0, 0.05) is 5.02 Å². The van der Waals surface area contributed by atoms with Crippen LogP contribution in [-0.4, -0.2) is 29.2 Å². The van der Waals surface area contributed by atoms with E-state index in [-0.39, 0.29) is 22.9 Å². The van der Waals surface area contributed by atoms with E-state index in [1.165, 1.54) is 38.5 Å². The zero-order valence-electron chi connectivity index (χ0n) is 13.7. The van der Waals surface area contributed by atoms with Crippen LogP contribution < -0.4 is 13.8 Å². The predicted molar refractivity (Wildman–Crippen MR) is 95.7 cm³/mol. The van der Waals surface area contributed by atoms with Gasteiger partial charge in [0.25, 0.3) is 10.0 Å².